The maximum absolute atomic E-state index is 13.3. The van der Waals surface area contributed by atoms with Crippen molar-refractivity contribution in [3.63, 3.8) is 0 Å². The smallest absolute Gasteiger partial charge is 0.207 e. The van der Waals surface area contributed by atoms with E-state index < -0.39 is 34.5 Å². The second kappa shape index (κ2) is 52.0. The highest BCUT2D eigenvalue weighted by atomic mass is 19.4. The highest BCUT2D eigenvalue weighted by Gasteiger charge is 2.57. The minimum atomic E-state index is -4.41. The lowest BCUT2D eigenvalue weighted by atomic mass is 9.58. The predicted molar refractivity (Wildman–Crippen MR) is 503 cm³/mol. The first-order valence-electron chi connectivity index (χ1n) is 51.4. The van der Waals surface area contributed by atoms with E-state index in [-0.39, 0.29) is 25.7 Å². The zero-order valence-electron chi connectivity index (χ0n) is 85.0. The van der Waals surface area contributed by atoms with E-state index in [0.29, 0.717) is 57.2 Å². The van der Waals surface area contributed by atoms with E-state index >= 15 is 0 Å². The highest BCUT2D eigenvalue weighted by Crippen LogP contribution is 2.60. The molecule has 8 heteroatoms. The Kier molecular flexibility index (Phi) is 50.9. The fourth-order valence-corrected chi connectivity index (χ4v) is 25.0. The molecule has 0 nitrogen and oxygen atoms in total. The molecule has 8 aliphatic carbocycles. The van der Waals surface area contributed by atoms with E-state index in [2.05, 4.69) is 187 Å². The molecule has 8 saturated carbocycles. The van der Waals surface area contributed by atoms with Crippen LogP contribution in [0.5, 0.6) is 0 Å². The van der Waals surface area contributed by atoms with Crippen LogP contribution >= 0.6 is 0 Å². The average Bonchev–Trinajstić information content (AvgIpc) is 0.725. The fourth-order valence-electron chi connectivity index (χ4n) is 25.0. The van der Waals surface area contributed by atoms with Crippen LogP contribution in [0.4, 0.5) is 35.1 Å². The molecule has 117 heavy (non-hydrogen) atoms. The average molecular weight is 1670 g/mol. The van der Waals surface area contributed by atoms with Gasteiger partial charge in [0.15, 0.2) is 0 Å². The summed E-state index contributed by atoms with van der Waals surface area (Å²) in [4.78, 5) is 0. The Morgan fingerprint density at radius 2 is 0.521 bits per heavy atom. The summed E-state index contributed by atoms with van der Waals surface area (Å²) in [5.41, 5.74) is 0.245. The Morgan fingerprint density at radius 3 is 0.752 bits per heavy atom. The van der Waals surface area contributed by atoms with Gasteiger partial charge in [0.25, 0.3) is 0 Å². The molecule has 0 aromatic rings. The van der Waals surface area contributed by atoms with Crippen molar-refractivity contribution in [1.82, 2.24) is 0 Å². The molecule has 0 N–H and O–H groups in total. The van der Waals surface area contributed by atoms with Crippen molar-refractivity contribution in [2.24, 2.45) is 131 Å². The molecule has 702 valence electrons. The Hall–Kier alpha value is -0.560. The Balaban J connectivity index is 0.000000679. The molecule has 0 spiro atoms. The molecule has 0 atom stereocenters. The van der Waals surface area contributed by atoms with E-state index in [1.807, 2.05) is 6.92 Å². The maximum atomic E-state index is 13.3. The van der Waals surface area contributed by atoms with E-state index in [4.69, 9.17) is 0 Å². The third-order valence-electron chi connectivity index (χ3n) is 33.4. The number of rotatable bonds is 25. The van der Waals surface area contributed by atoms with Crippen molar-refractivity contribution in [2.45, 2.75) is 567 Å². The number of hydrogen-bond donors (Lipinski definition) is 0. The fraction of sp³-hybridized carbons (Fsp3) is 1.00. The molecule has 0 amide bonds. The lowest BCUT2D eigenvalue weighted by Gasteiger charge is -2.48. The van der Waals surface area contributed by atoms with Crippen LogP contribution < -0.4 is 0 Å². The SMILES string of the molecule is CCC1CCC(C(C)C)(C(C)C)CC1.CCC1CCC(C)(C)CC1.CCC1CCC(CC(C)(C)C(F)(F)F)(CC(C)(C)C(F)(F)F)CC1.CCC1CCC(CC(C)(C)C)(CC(C)(C)C)CC1.CCC1CCC(CC(C)C)(CC(C)C)CC1.CCC1CCC(CC)(CC)CC1.CCC1CCC(F)(F)CC1.CCCC1(CCC)CCC(C)CC1. The molecular formula is C109H210F8. The monoisotopic (exact) mass is 1670 g/mol. The van der Waals surface area contributed by atoms with Gasteiger partial charge in [0.1, 0.15) is 0 Å². The summed E-state index contributed by atoms with van der Waals surface area (Å²) in [5, 5.41) is 0. The van der Waals surface area contributed by atoms with Crippen molar-refractivity contribution in [3.8, 4) is 0 Å². The molecular weight excluding hydrogens is 1460 g/mol. The molecule has 8 fully saturated rings. The van der Waals surface area contributed by atoms with Gasteiger partial charge in [-0.25, -0.2) is 8.78 Å². The van der Waals surface area contributed by atoms with Gasteiger partial charge in [0.2, 0.25) is 5.92 Å². The highest BCUT2D eigenvalue weighted by molar-refractivity contribution is 4.99. The van der Waals surface area contributed by atoms with Gasteiger partial charge in [-0.3, -0.25) is 0 Å². The van der Waals surface area contributed by atoms with E-state index in [1.165, 1.54) is 250 Å². The van der Waals surface area contributed by atoms with Crippen LogP contribution in [0.15, 0.2) is 0 Å². The second-order valence-corrected chi connectivity index (χ2v) is 48.7. The van der Waals surface area contributed by atoms with Gasteiger partial charge < -0.3 is 0 Å². The molecule has 8 aliphatic rings. The quantitative estimate of drug-likeness (QED) is 0.0799. The first-order chi connectivity index (χ1) is 53.9. The zero-order valence-corrected chi connectivity index (χ0v) is 85.0. The first kappa shape index (κ1) is 114. The van der Waals surface area contributed by atoms with Crippen LogP contribution in [0.25, 0.3) is 0 Å². The van der Waals surface area contributed by atoms with E-state index in [1.54, 1.807) is 0 Å². The van der Waals surface area contributed by atoms with Crippen LogP contribution in [0, 0.1) is 131 Å². The molecule has 0 aliphatic heterocycles. The van der Waals surface area contributed by atoms with Gasteiger partial charge in [0.05, 0.1) is 10.8 Å². The van der Waals surface area contributed by atoms with E-state index in [0.717, 1.165) is 136 Å². The van der Waals surface area contributed by atoms with Crippen molar-refractivity contribution >= 4 is 0 Å². The molecule has 8 rings (SSSR count). The number of halogens is 8. The molecule has 0 radical (unpaired) electrons. The molecule has 0 aromatic heterocycles. The summed E-state index contributed by atoms with van der Waals surface area (Å²) in [6, 6.07) is 0. The van der Waals surface area contributed by atoms with Gasteiger partial charge in [-0.1, -0.05) is 305 Å². The zero-order chi connectivity index (χ0) is 90.0. The molecule has 0 saturated heterocycles. The topological polar surface area (TPSA) is 0 Å². The molecule has 0 bridgehead atoms. The van der Waals surface area contributed by atoms with Gasteiger partial charge in [-0.2, -0.15) is 26.3 Å². The van der Waals surface area contributed by atoms with Crippen LogP contribution in [0.1, 0.15) is 549 Å². The second-order valence-electron chi connectivity index (χ2n) is 48.7. The molecule has 0 unspecified atom stereocenters. The van der Waals surface area contributed by atoms with E-state index in [9.17, 15) is 35.1 Å². The maximum Gasteiger partial charge on any atom is 0.393 e. The summed E-state index contributed by atoms with van der Waals surface area (Å²) in [6.07, 6.45) is 53.6. The Bertz CT molecular complexity index is 2320. The largest absolute Gasteiger partial charge is 0.393 e. The summed E-state index contributed by atoms with van der Waals surface area (Å²) in [5.74, 6) is 8.29. The Labute approximate surface area is 728 Å². The summed E-state index contributed by atoms with van der Waals surface area (Å²) in [6.45, 7) is 70.7. The number of alkyl halides is 8. The third kappa shape index (κ3) is 42.3. The van der Waals surface area contributed by atoms with Gasteiger partial charge in [0, 0.05) is 12.8 Å². The lowest BCUT2D eigenvalue weighted by Crippen LogP contribution is -2.45. The van der Waals surface area contributed by atoms with Crippen molar-refractivity contribution in [1.29, 1.82) is 0 Å². The van der Waals surface area contributed by atoms with Gasteiger partial charge in [-0.15, -0.1) is 0 Å². The van der Waals surface area contributed by atoms with Gasteiger partial charge in [-0.05, 0) is 351 Å². The standard InChI is InChI=1S/C18H30F6.C18H36.C16H32.C14H28.C13H26.C12H24.C10H20.C8H14F2/c1-6-13-7-9-16(10-8-13,11-14(2,3)17(19,20)21)12-15(4,5)18(22,23)24;1-8-15-9-11-18(12-10-15,13-16(2,3)4)14-17(5,6)7;1-6-15-7-9-16(10-8-15,11-13(2)3)12-14(4)5;1-6-13-7-9-14(10-8-13,11(2)3)12(4)5;1-4-8-13(9-5-2)10-6-12(3)7-11-13;1-4-11-7-9-12(5-2,6-3)10-8-11;1-4-9-5-7-10(2,3)8-6-9;1-2-7-3-5-8(9,10)6-4-7/h13H,6-12H2,1-5H3;15H,8-14H2,1-7H3;13-15H,6-12H2,1-5H3;11-13H,6-10H2,1-5H3;12H,4-11H2,1-3H3;11H,4-10H2,1-3H3;9H,4-8H2,1-3H3;7H,2-6H2,1H3. The first-order valence-corrected chi connectivity index (χ1v) is 51.4. The minimum Gasteiger partial charge on any atom is -0.207 e. The predicted octanol–water partition coefficient (Wildman–Crippen LogP) is 40.5. The van der Waals surface area contributed by atoms with Crippen LogP contribution in [0.3, 0.4) is 0 Å². The third-order valence-corrected chi connectivity index (χ3v) is 33.4. The lowest BCUT2D eigenvalue weighted by molar-refractivity contribution is -0.241. The normalized spacial score (nSPS) is 23.2. The Morgan fingerprint density at radius 1 is 0.291 bits per heavy atom. The van der Waals surface area contributed by atoms with Crippen molar-refractivity contribution in [2.75, 3.05) is 0 Å². The van der Waals surface area contributed by atoms with Crippen LogP contribution in [0.2, 0.25) is 0 Å². The summed E-state index contributed by atoms with van der Waals surface area (Å²) >= 11 is 0. The minimum absolute atomic E-state index is 0.117. The summed E-state index contributed by atoms with van der Waals surface area (Å²) in [7, 11) is 0. The van der Waals surface area contributed by atoms with Crippen LogP contribution in [-0.4, -0.2) is 18.3 Å². The summed E-state index contributed by atoms with van der Waals surface area (Å²) < 4.78 is 105. The van der Waals surface area contributed by atoms with Crippen molar-refractivity contribution < 1.29 is 35.1 Å². The van der Waals surface area contributed by atoms with Crippen LogP contribution in [-0.2, 0) is 0 Å². The van der Waals surface area contributed by atoms with Gasteiger partial charge >= 0.3 is 12.4 Å². The van der Waals surface area contributed by atoms with Crippen molar-refractivity contribution in [3.05, 3.63) is 0 Å². The molecule has 0 aromatic carbocycles. The number of hydrogen-bond acceptors (Lipinski definition) is 0. The molecule has 0 heterocycles.